The Labute approximate surface area is 194 Å². The summed E-state index contributed by atoms with van der Waals surface area (Å²) in [7, 11) is 1.60. The maximum atomic E-state index is 12.3. The van der Waals surface area contributed by atoms with Gasteiger partial charge in [-0.25, -0.2) is 4.79 Å². The molecular weight excluding hydrogens is 442 g/mol. The number of furan rings is 1. The highest BCUT2D eigenvalue weighted by Gasteiger charge is 2.18. The molecule has 2 aromatic carbocycles. The van der Waals surface area contributed by atoms with Crippen LogP contribution < -0.4 is 15.4 Å². The predicted molar refractivity (Wildman–Crippen MR) is 123 cm³/mol. The minimum atomic E-state index is -0.599. The summed E-state index contributed by atoms with van der Waals surface area (Å²) >= 11 is 1.18. The van der Waals surface area contributed by atoms with Crippen molar-refractivity contribution in [2.75, 3.05) is 12.9 Å². The molecule has 0 aliphatic carbocycles. The van der Waals surface area contributed by atoms with Crippen molar-refractivity contribution in [1.82, 2.24) is 25.4 Å². The molecule has 168 valence electrons. The van der Waals surface area contributed by atoms with Gasteiger partial charge < -0.3 is 14.5 Å². The number of amides is 3. The van der Waals surface area contributed by atoms with Gasteiger partial charge in [0, 0.05) is 11.3 Å². The Kier molecular flexibility index (Phi) is 7.06. The van der Waals surface area contributed by atoms with E-state index in [1.807, 2.05) is 59.2 Å². The fraction of sp³-hybridized carbons (Fsp3) is 0.130. The highest BCUT2D eigenvalue weighted by molar-refractivity contribution is 7.99. The number of nitrogens with zero attached hydrogens (tertiary/aromatic N) is 3. The van der Waals surface area contributed by atoms with E-state index in [0.717, 1.165) is 11.3 Å². The van der Waals surface area contributed by atoms with Gasteiger partial charge in [-0.2, -0.15) is 0 Å². The lowest BCUT2D eigenvalue weighted by atomic mass is 10.2. The molecular formula is C23H21N5O4S. The number of thioether (sulfide) groups is 1. The quantitative estimate of drug-likeness (QED) is 0.384. The van der Waals surface area contributed by atoms with Gasteiger partial charge in [0.1, 0.15) is 11.5 Å². The first-order valence-electron chi connectivity index (χ1n) is 10.0. The molecule has 0 aliphatic heterocycles. The van der Waals surface area contributed by atoms with Crippen LogP contribution in [0.4, 0.5) is 4.79 Å². The number of carbonyl (C=O) groups is 2. The highest BCUT2D eigenvalue weighted by atomic mass is 32.2. The van der Waals surface area contributed by atoms with E-state index in [2.05, 4.69) is 20.8 Å². The average Bonchev–Trinajstić information content (AvgIpc) is 3.52. The van der Waals surface area contributed by atoms with Gasteiger partial charge in [0.2, 0.25) is 5.91 Å². The average molecular weight is 464 g/mol. The third-order valence-corrected chi connectivity index (χ3v) is 5.49. The fourth-order valence-electron chi connectivity index (χ4n) is 3.04. The van der Waals surface area contributed by atoms with E-state index < -0.39 is 11.9 Å². The first-order chi connectivity index (χ1) is 16.1. The molecule has 3 amide bonds. The Morgan fingerprint density at radius 2 is 1.91 bits per heavy atom. The molecule has 33 heavy (non-hydrogen) atoms. The molecule has 0 bridgehead atoms. The summed E-state index contributed by atoms with van der Waals surface area (Å²) in [6, 6.07) is 20.0. The van der Waals surface area contributed by atoms with Gasteiger partial charge in [-0.1, -0.05) is 42.1 Å². The van der Waals surface area contributed by atoms with Crippen LogP contribution in [0.2, 0.25) is 0 Å². The molecule has 0 radical (unpaired) electrons. The maximum Gasteiger partial charge on any atom is 0.321 e. The Morgan fingerprint density at radius 3 is 2.67 bits per heavy atom. The van der Waals surface area contributed by atoms with Crippen LogP contribution in [-0.2, 0) is 11.3 Å². The molecule has 0 atom stereocenters. The number of hydrogen-bond acceptors (Lipinski definition) is 7. The second-order valence-corrected chi connectivity index (χ2v) is 7.75. The molecule has 4 rings (SSSR count). The molecule has 0 saturated carbocycles. The van der Waals surface area contributed by atoms with Crippen molar-refractivity contribution in [3.05, 3.63) is 78.8 Å². The summed E-state index contributed by atoms with van der Waals surface area (Å²) in [6.45, 7) is 0.186. The van der Waals surface area contributed by atoms with Crippen molar-refractivity contribution in [1.29, 1.82) is 0 Å². The number of carbonyl (C=O) groups excluding carboxylic acids is 2. The fourth-order valence-corrected chi connectivity index (χ4v) is 3.79. The summed E-state index contributed by atoms with van der Waals surface area (Å²) in [5.41, 5.74) is 1.67. The van der Waals surface area contributed by atoms with Gasteiger partial charge in [-0.15, -0.1) is 10.2 Å². The van der Waals surface area contributed by atoms with Gasteiger partial charge in [-0.05, 0) is 36.4 Å². The number of aromatic nitrogens is 3. The van der Waals surface area contributed by atoms with Crippen LogP contribution in [-0.4, -0.2) is 39.6 Å². The van der Waals surface area contributed by atoms with E-state index in [-0.39, 0.29) is 12.3 Å². The highest BCUT2D eigenvalue weighted by Crippen LogP contribution is 2.29. The minimum absolute atomic E-state index is 0.0166. The lowest BCUT2D eigenvalue weighted by molar-refractivity contribution is -0.117. The van der Waals surface area contributed by atoms with Crippen LogP contribution in [0.15, 0.2) is 82.6 Å². The molecule has 2 heterocycles. The topological polar surface area (TPSA) is 111 Å². The second-order valence-electron chi connectivity index (χ2n) is 6.81. The third-order valence-electron chi connectivity index (χ3n) is 4.56. The molecule has 0 unspecified atom stereocenters. The van der Waals surface area contributed by atoms with Crippen molar-refractivity contribution < 1.29 is 18.7 Å². The summed E-state index contributed by atoms with van der Waals surface area (Å²) < 4.78 is 12.3. The second kappa shape index (κ2) is 10.5. The van der Waals surface area contributed by atoms with E-state index >= 15 is 0 Å². The molecule has 10 heteroatoms. The Balaban J connectivity index is 1.47. The van der Waals surface area contributed by atoms with Crippen LogP contribution in [0.3, 0.4) is 0 Å². The van der Waals surface area contributed by atoms with E-state index in [1.165, 1.54) is 18.0 Å². The smallest absolute Gasteiger partial charge is 0.321 e. The molecule has 9 nitrogen and oxygen atoms in total. The number of ether oxygens (including phenoxy) is 1. The van der Waals surface area contributed by atoms with E-state index in [1.54, 1.807) is 19.2 Å². The number of nitrogens with one attached hydrogen (secondary N) is 2. The maximum absolute atomic E-state index is 12.3. The number of para-hydroxylation sites is 1. The number of benzene rings is 2. The Bertz CT molecular complexity index is 1220. The standard InChI is InChI=1S/C23H21N5O4S/c1-31-18-10-5-7-16(13-18)21-26-27-23(28(21)17-8-3-2-4-9-17)33-15-20(29)25-22(30)24-14-19-11-6-12-32-19/h2-13H,14-15H2,1H3,(H2,24,25,29,30). The summed E-state index contributed by atoms with van der Waals surface area (Å²) in [5.74, 6) is 1.43. The van der Waals surface area contributed by atoms with Crippen molar-refractivity contribution in [3.8, 4) is 22.8 Å². The largest absolute Gasteiger partial charge is 0.497 e. The van der Waals surface area contributed by atoms with E-state index in [0.29, 0.717) is 22.5 Å². The van der Waals surface area contributed by atoms with Crippen LogP contribution in [0.25, 0.3) is 17.1 Å². The number of imide groups is 1. The van der Waals surface area contributed by atoms with Crippen molar-refractivity contribution in [2.24, 2.45) is 0 Å². The van der Waals surface area contributed by atoms with Gasteiger partial charge in [0.15, 0.2) is 11.0 Å². The van der Waals surface area contributed by atoms with Gasteiger partial charge in [0.05, 0.1) is 25.7 Å². The van der Waals surface area contributed by atoms with Gasteiger partial charge in [-0.3, -0.25) is 14.7 Å². The molecule has 0 saturated heterocycles. The van der Waals surface area contributed by atoms with Gasteiger partial charge >= 0.3 is 6.03 Å². The lowest BCUT2D eigenvalue weighted by Gasteiger charge is -2.11. The predicted octanol–water partition coefficient (Wildman–Crippen LogP) is 3.65. The molecule has 2 N–H and O–H groups in total. The monoisotopic (exact) mass is 463 g/mol. The normalized spacial score (nSPS) is 10.6. The molecule has 0 spiro atoms. The number of urea groups is 1. The summed E-state index contributed by atoms with van der Waals surface area (Å²) in [6.07, 6.45) is 1.51. The summed E-state index contributed by atoms with van der Waals surface area (Å²) in [5, 5.41) is 14.0. The molecule has 2 aromatic heterocycles. The molecule has 4 aromatic rings. The van der Waals surface area contributed by atoms with Crippen molar-refractivity contribution >= 4 is 23.7 Å². The lowest BCUT2D eigenvalue weighted by Crippen LogP contribution is -2.39. The zero-order valence-electron chi connectivity index (χ0n) is 17.7. The third kappa shape index (κ3) is 5.60. The first-order valence-corrected chi connectivity index (χ1v) is 11.0. The Hall–Kier alpha value is -4.05. The molecule has 0 fully saturated rings. The number of hydrogen-bond donors (Lipinski definition) is 2. The van der Waals surface area contributed by atoms with Crippen LogP contribution in [0.1, 0.15) is 5.76 Å². The molecule has 0 aliphatic rings. The number of rotatable bonds is 8. The number of methoxy groups -OCH3 is 1. The van der Waals surface area contributed by atoms with E-state index in [9.17, 15) is 9.59 Å². The zero-order chi connectivity index (χ0) is 23.0. The van der Waals surface area contributed by atoms with Crippen LogP contribution in [0, 0.1) is 0 Å². The van der Waals surface area contributed by atoms with E-state index in [4.69, 9.17) is 9.15 Å². The minimum Gasteiger partial charge on any atom is -0.497 e. The first kappa shape index (κ1) is 22.2. The Morgan fingerprint density at radius 1 is 1.06 bits per heavy atom. The summed E-state index contributed by atoms with van der Waals surface area (Å²) in [4.78, 5) is 24.3. The SMILES string of the molecule is COc1cccc(-c2nnc(SCC(=O)NC(=O)NCc3ccco3)n2-c2ccccc2)c1. The van der Waals surface area contributed by atoms with Crippen molar-refractivity contribution in [2.45, 2.75) is 11.7 Å². The van der Waals surface area contributed by atoms with Crippen LogP contribution >= 0.6 is 11.8 Å². The van der Waals surface area contributed by atoms with Gasteiger partial charge in [0.25, 0.3) is 0 Å². The van der Waals surface area contributed by atoms with Crippen molar-refractivity contribution in [3.63, 3.8) is 0 Å². The zero-order valence-corrected chi connectivity index (χ0v) is 18.5. The van der Waals surface area contributed by atoms with Crippen LogP contribution in [0.5, 0.6) is 5.75 Å².